The van der Waals surface area contributed by atoms with Gasteiger partial charge in [-0.25, -0.2) is 0 Å². The van der Waals surface area contributed by atoms with Crippen LogP contribution in [0.1, 0.15) is 57.9 Å². The fourth-order valence-electron chi connectivity index (χ4n) is 3.45. The summed E-state index contributed by atoms with van der Waals surface area (Å²) in [6, 6.07) is 6.01. The van der Waals surface area contributed by atoms with Crippen molar-refractivity contribution in [3.05, 3.63) is 23.8 Å². The molecule has 0 saturated carbocycles. The van der Waals surface area contributed by atoms with Crippen LogP contribution in [0, 0.1) is 0 Å². The van der Waals surface area contributed by atoms with Gasteiger partial charge in [0.25, 0.3) is 0 Å². The van der Waals surface area contributed by atoms with Crippen LogP contribution in [0.5, 0.6) is 11.5 Å². The number of hydrogen-bond donors (Lipinski definition) is 0. The molecule has 0 aromatic heterocycles. The van der Waals surface area contributed by atoms with E-state index in [0.29, 0.717) is 6.79 Å². The lowest BCUT2D eigenvalue weighted by atomic mass is 10.1. The third-order valence-corrected chi connectivity index (χ3v) is 8.83. The van der Waals surface area contributed by atoms with Gasteiger partial charge in [-0.1, -0.05) is 73.8 Å². The predicted octanol–water partition coefficient (Wildman–Crippen LogP) is 5.25. The molecule has 2 aliphatic heterocycles. The largest absolute Gasteiger partial charge is 0.616 e. The minimum atomic E-state index is -0.743. The zero-order valence-corrected chi connectivity index (χ0v) is 21.9. The quantitative estimate of drug-likeness (QED) is 0.254. The van der Waals surface area contributed by atoms with Crippen molar-refractivity contribution < 1.29 is 14.0 Å². The van der Waals surface area contributed by atoms with Gasteiger partial charge in [-0.05, 0) is 44.5 Å². The van der Waals surface area contributed by atoms with E-state index in [2.05, 4.69) is 30.7 Å². The molecule has 0 spiro atoms. The molecule has 0 N–H and O–H groups in total. The molecule has 2 atom stereocenters. The summed E-state index contributed by atoms with van der Waals surface area (Å²) in [4.78, 5) is 4.30. The molecule has 176 valence electrons. The van der Waals surface area contributed by atoms with Gasteiger partial charge in [0, 0.05) is 13.5 Å². The van der Waals surface area contributed by atoms with Crippen LogP contribution in [0.15, 0.2) is 18.2 Å². The summed E-state index contributed by atoms with van der Waals surface area (Å²) in [5.41, 5.74) is 1.17. The Morgan fingerprint density at radius 3 is 2.55 bits per heavy atom. The highest BCUT2D eigenvalue weighted by molar-refractivity contribution is 8.22. The Morgan fingerprint density at radius 2 is 1.84 bits per heavy atom. The highest BCUT2D eigenvalue weighted by Crippen LogP contribution is 2.33. The summed E-state index contributed by atoms with van der Waals surface area (Å²) in [5.74, 6) is 3.48. The Balaban J connectivity index is 0.000000316. The SMILES string of the molecule is CCCCCCCC[S+]([O-])C(C)Cc1ccc2c(c1)OCO2.CN1CSC(=S)N(C)C1. The van der Waals surface area contributed by atoms with Gasteiger partial charge in [-0.2, -0.15) is 0 Å². The van der Waals surface area contributed by atoms with Gasteiger partial charge in [0.05, 0.1) is 12.5 Å². The van der Waals surface area contributed by atoms with E-state index in [9.17, 15) is 4.55 Å². The Bertz CT molecular complexity index is 677. The number of thioether (sulfide) groups is 1. The monoisotopic (exact) mass is 486 g/mol. The number of nitrogens with zero attached hydrogens (tertiary/aromatic N) is 2. The second-order valence-corrected chi connectivity index (χ2v) is 11.8. The van der Waals surface area contributed by atoms with E-state index in [0.717, 1.165) is 47.0 Å². The maximum Gasteiger partial charge on any atom is 0.231 e. The second kappa shape index (κ2) is 14.5. The van der Waals surface area contributed by atoms with E-state index in [1.807, 2.05) is 25.2 Å². The molecule has 2 heterocycles. The van der Waals surface area contributed by atoms with Crippen LogP contribution >= 0.6 is 24.0 Å². The van der Waals surface area contributed by atoms with Gasteiger partial charge >= 0.3 is 0 Å². The van der Waals surface area contributed by atoms with Crippen molar-refractivity contribution in [2.45, 2.75) is 64.0 Å². The normalized spacial score (nSPS) is 17.8. The van der Waals surface area contributed by atoms with Gasteiger partial charge in [0.2, 0.25) is 6.79 Å². The number of fused-ring (bicyclic) bond motifs is 1. The summed E-state index contributed by atoms with van der Waals surface area (Å²) in [5, 5.41) is 0.191. The molecular formula is C23H38N2O3S3. The zero-order chi connectivity index (χ0) is 22.6. The molecule has 2 aliphatic rings. The van der Waals surface area contributed by atoms with E-state index in [4.69, 9.17) is 21.7 Å². The van der Waals surface area contributed by atoms with Crippen molar-refractivity contribution in [2.75, 3.05) is 39.2 Å². The molecular weight excluding hydrogens is 448 g/mol. The maximum atomic E-state index is 12.3. The van der Waals surface area contributed by atoms with Gasteiger partial charge in [-0.15, -0.1) is 0 Å². The highest BCUT2D eigenvalue weighted by atomic mass is 32.2. The van der Waals surface area contributed by atoms with Crippen LogP contribution in [0.25, 0.3) is 0 Å². The van der Waals surface area contributed by atoms with E-state index < -0.39 is 11.2 Å². The van der Waals surface area contributed by atoms with Crippen LogP contribution in [0.3, 0.4) is 0 Å². The van der Waals surface area contributed by atoms with Gasteiger partial charge in [0.15, 0.2) is 11.5 Å². The number of ether oxygens (including phenoxy) is 2. The molecule has 2 unspecified atom stereocenters. The molecule has 0 amide bonds. The molecule has 1 aromatic carbocycles. The molecule has 0 bridgehead atoms. The van der Waals surface area contributed by atoms with Gasteiger partial charge in [0.1, 0.15) is 15.3 Å². The number of hydrogen-bond acceptors (Lipinski definition) is 6. The summed E-state index contributed by atoms with van der Waals surface area (Å²) >= 11 is 6.02. The molecule has 3 rings (SSSR count). The van der Waals surface area contributed by atoms with Crippen molar-refractivity contribution in [1.29, 1.82) is 0 Å². The molecule has 1 aromatic rings. The topological polar surface area (TPSA) is 48.0 Å². The minimum absolute atomic E-state index is 0.191. The zero-order valence-electron chi connectivity index (χ0n) is 19.4. The molecule has 0 radical (unpaired) electrons. The van der Waals surface area contributed by atoms with E-state index in [1.165, 1.54) is 37.7 Å². The first-order valence-electron chi connectivity index (χ1n) is 11.2. The Labute approximate surface area is 201 Å². The molecule has 31 heavy (non-hydrogen) atoms. The number of benzene rings is 1. The van der Waals surface area contributed by atoms with E-state index in [-0.39, 0.29) is 5.25 Å². The molecule has 8 heteroatoms. The first-order valence-corrected chi connectivity index (χ1v) is 14.0. The number of rotatable bonds is 10. The van der Waals surface area contributed by atoms with Crippen molar-refractivity contribution >= 4 is 39.5 Å². The lowest BCUT2D eigenvalue weighted by Gasteiger charge is -2.31. The van der Waals surface area contributed by atoms with Crippen LogP contribution < -0.4 is 9.47 Å². The fourth-order valence-corrected chi connectivity index (χ4v) is 5.63. The van der Waals surface area contributed by atoms with Gasteiger partial charge in [-0.3, -0.25) is 4.90 Å². The van der Waals surface area contributed by atoms with Crippen molar-refractivity contribution in [3.63, 3.8) is 0 Å². The third kappa shape index (κ3) is 9.78. The summed E-state index contributed by atoms with van der Waals surface area (Å²) in [6.07, 6.45) is 8.32. The Morgan fingerprint density at radius 1 is 1.13 bits per heavy atom. The molecule has 5 nitrogen and oxygen atoms in total. The van der Waals surface area contributed by atoms with Crippen LogP contribution in [-0.2, 0) is 17.6 Å². The average molecular weight is 487 g/mol. The first kappa shape index (κ1) is 26.6. The number of thiocarbonyl (C=S) groups is 1. The van der Waals surface area contributed by atoms with E-state index in [1.54, 1.807) is 11.8 Å². The highest BCUT2D eigenvalue weighted by Gasteiger charge is 2.19. The summed E-state index contributed by atoms with van der Waals surface area (Å²) < 4.78 is 24.0. The number of unbranched alkanes of at least 4 members (excludes halogenated alkanes) is 5. The van der Waals surface area contributed by atoms with Crippen molar-refractivity contribution in [3.8, 4) is 11.5 Å². The summed E-state index contributed by atoms with van der Waals surface area (Å²) in [6.45, 7) is 5.58. The second-order valence-electron chi connectivity index (χ2n) is 8.29. The first-order chi connectivity index (χ1) is 14.9. The molecule has 1 saturated heterocycles. The minimum Gasteiger partial charge on any atom is -0.616 e. The smallest absolute Gasteiger partial charge is 0.231 e. The Kier molecular flexibility index (Phi) is 12.4. The van der Waals surface area contributed by atoms with Crippen LogP contribution in [0.2, 0.25) is 0 Å². The van der Waals surface area contributed by atoms with Crippen LogP contribution in [-0.4, -0.2) is 63.1 Å². The van der Waals surface area contributed by atoms with Gasteiger partial charge < -0.3 is 18.9 Å². The third-order valence-electron chi connectivity index (χ3n) is 5.28. The fraction of sp³-hybridized carbons (Fsp3) is 0.696. The van der Waals surface area contributed by atoms with Crippen molar-refractivity contribution in [2.24, 2.45) is 0 Å². The lowest BCUT2D eigenvalue weighted by molar-refractivity contribution is 0.174. The summed E-state index contributed by atoms with van der Waals surface area (Å²) in [7, 11) is 4.11. The molecule has 0 aliphatic carbocycles. The predicted molar refractivity (Wildman–Crippen MR) is 138 cm³/mol. The maximum absolute atomic E-state index is 12.3. The van der Waals surface area contributed by atoms with Crippen molar-refractivity contribution in [1.82, 2.24) is 9.80 Å². The lowest BCUT2D eigenvalue weighted by Crippen LogP contribution is -2.40. The standard InChI is InChI=1S/C18H28O3S.C5H10N2S2/c1-3-4-5-6-7-8-11-22(19)15(2)12-16-9-10-17-18(13-16)21-14-20-17;1-6-3-7(2)5(8)9-4-6/h9-10,13,15H,3-8,11-12,14H2,1-2H3;3-4H2,1-2H3. The average Bonchev–Trinajstić information content (AvgIpc) is 3.21. The van der Waals surface area contributed by atoms with E-state index >= 15 is 0 Å². The molecule has 1 fully saturated rings. The Hall–Kier alpha value is -0.670. The van der Waals surface area contributed by atoms with Crippen LogP contribution in [0.4, 0.5) is 0 Å².